The Morgan fingerprint density at radius 2 is 1.94 bits per heavy atom. The average molecular weight is 235 g/mol. The van der Waals surface area contributed by atoms with Crippen molar-refractivity contribution in [3.63, 3.8) is 0 Å². The fourth-order valence-corrected chi connectivity index (χ4v) is 2.12. The van der Waals surface area contributed by atoms with E-state index in [9.17, 15) is 9.18 Å². The van der Waals surface area contributed by atoms with Crippen LogP contribution in [-0.2, 0) is 0 Å². The number of hydrogen-bond acceptors (Lipinski definition) is 3. The quantitative estimate of drug-likeness (QED) is 0.831. The Labute approximate surface area is 96.5 Å². The molecule has 0 amide bonds. The highest BCUT2D eigenvalue weighted by atomic mass is 32.1. The van der Waals surface area contributed by atoms with Gasteiger partial charge in [-0.1, -0.05) is 6.07 Å². The molecule has 0 aliphatic heterocycles. The van der Waals surface area contributed by atoms with Gasteiger partial charge in [-0.3, -0.25) is 4.79 Å². The number of thiophene rings is 1. The lowest BCUT2D eigenvalue weighted by Gasteiger charge is -2.08. The highest BCUT2D eigenvalue weighted by molar-refractivity contribution is 7.10. The third-order valence-electron chi connectivity index (χ3n) is 2.26. The lowest BCUT2D eigenvalue weighted by atomic mass is 10.0. The summed E-state index contributed by atoms with van der Waals surface area (Å²) in [6.07, 6.45) is 0. The zero-order chi connectivity index (χ0) is 11.5. The third-order valence-corrected chi connectivity index (χ3v) is 3.22. The van der Waals surface area contributed by atoms with Gasteiger partial charge in [0.1, 0.15) is 11.9 Å². The van der Waals surface area contributed by atoms with E-state index in [4.69, 9.17) is 5.73 Å². The molecule has 16 heavy (non-hydrogen) atoms. The maximum Gasteiger partial charge on any atom is 0.184 e. The fraction of sp³-hybridized carbons (Fsp3) is 0.0833. The van der Waals surface area contributed by atoms with Gasteiger partial charge < -0.3 is 5.73 Å². The van der Waals surface area contributed by atoms with Crippen LogP contribution in [0.5, 0.6) is 0 Å². The number of hydrogen-bond donors (Lipinski definition) is 1. The molecular weight excluding hydrogens is 225 g/mol. The van der Waals surface area contributed by atoms with Gasteiger partial charge in [-0.15, -0.1) is 11.3 Å². The van der Waals surface area contributed by atoms with Crippen molar-refractivity contribution in [2.75, 3.05) is 0 Å². The summed E-state index contributed by atoms with van der Waals surface area (Å²) in [6.45, 7) is 0. The Kier molecular flexibility index (Phi) is 3.12. The molecule has 2 rings (SSSR count). The maximum absolute atomic E-state index is 12.7. The van der Waals surface area contributed by atoms with Gasteiger partial charge in [0.05, 0.1) is 0 Å². The molecule has 2 nitrogen and oxygen atoms in total. The normalized spacial score (nSPS) is 12.4. The van der Waals surface area contributed by atoms with Crippen LogP contribution in [0.3, 0.4) is 0 Å². The monoisotopic (exact) mass is 235 g/mol. The predicted molar refractivity (Wildman–Crippen MR) is 62.0 cm³/mol. The van der Waals surface area contributed by atoms with Gasteiger partial charge in [0.15, 0.2) is 5.78 Å². The van der Waals surface area contributed by atoms with Crippen molar-refractivity contribution in [1.82, 2.24) is 0 Å². The van der Waals surface area contributed by atoms with E-state index >= 15 is 0 Å². The predicted octanol–water partition coefficient (Wildman–Crippen LogP) is 2.77. The van der Waals surface area contributed by atoms with Crippen molar-refractivity contribution < 1.29 is 9.18 Å². The summed E-state index contributed by atoms with van der Waals surface area (Å²) in [5.74, 6) is -0.552. The molecule has 0 saturated carbocycles. The number of rotatable bonds is 3. The second-order valence-electron chi connectivity index (χ2n) is 3.36. The molecule has 1 aromatic heterocycles. The lowest BCUT2D eigenvalue weighted by Crippen LogP contribution is -2.20. The summed E-state index contributed by atoms with van der Waals surface area (Å²) in [4.78, 5) is 12.7. The average Bonchev–Trinajstić information content (AvgIpc) is 2.81. The largest absolute Gasteiger partial charge is 0.317 e. The number of Topliss-reactive ketones (excluding diaryl/α,β-unsaturated/α-hetero) is 1. The summed E-state index contributed by atoms with van der Waals surface area (Å²) in [5.41, 5.74) is 6.25. The van der Waals surface area contributed by atoms with E-state index in [0.717, 1.165) is 4.88 Å². The van der Waals surface area contributed by atoms with Crippen molar-refractivity contribution in [2.24, 2.45) is 5.73 Å². The molecule has 0 saturated heterocycles. The number of halogens is 1. The molecule has 1 heterocycles. The zero-order valence-corrected chi connectivity index (χ0v) is 9.21. The first-order valence-corrected chi connectivity index (χ1v) is 5.65. The molecule has 0 fully saturated rings. The van der Waals surface area contributed by atoms with Gasteiger partial charge in [0, 0.05) is 10.4 Å². The second kappa shape index (κ2) is 4.55. The molecule has 0 aliphatic rings. The Morgan fingerprint density at radius 1 is 1.25 bits per heavy atom. The minimum atomic E-state index is -0.662. The molecule has 1 aromatic carbocycles. The van der Waals surface area contributed by atoms with Gasteiger partial charge in [-0.25, -0.2) is 4.39 Å². The molecule has 82 valence electrons. The minimum Gasteiger partial charge on any atom is -0.317 e. The topological polar surface area (TPSA) is 43.1 Å². The molecule has 0 aliphatic carbocycles. The smallest absolute Gasteiger partial charge is 0.184 e. The number of carbonyl (C=O) groups excluding carboxylic acids is 1. The summed E-state index contributed by atoms with van der Waals surface area (Å²) < 4.78 is 12.7. The van der Waals surface area contributed by atoms with Crippen LogP contribution in [0.2, 0.25) is 0 Å². The molecule has 2 N–H and O–H groups in total. The Hall–Kier alpha value is -1.52. The van der Waals surface area contributed by atoms with Crippen LogP contribution in [0.4, 0.5) is 4.39 Å². The standard InChI is InChI=1S/C12H10FNOS/c13-9-5-3-8(4-6-9)12(15)11(14)10-2-1-7-16-10/h1-7,11H,14H2. The SMILES string of the molecule is NC(C(=O)c1ccc(F)cc1)c1cccs1. The fourth-order valence-electron chi connectivity index (χ4n) is 1.39. The van der Waals surface area contributed by atoms with Crippen molar-refractivity contribution in [1.29, 1.82) is 0 Å². The summed E-state index contributed by atoms with van der Waals surface area (Å²) in [7, 11) is 0. The third kappa shape index (κ3) is 2.18. The Balaban J connectivity index is 2.22. The molecule has 4 heteroatoms. The first-order valence-electron chi connectivity index (χ1n) is 4.77. The molecule has 1 atom stereocenters. The van der Waals surface area contributed by atoms with Crippen LogP contribution in [0.25, 0.3) is 0 Å². The van der Waals surface area contributed by atoms with Crippen LogP contribution in [0.1, 0.15) is 21.3 Å². The number of nitrogens with two attached hydrogens (primary N) is 1. The molecule has 0 radical (unpaired) electrons. The summed E-state index contributed by atoms with van der Waals surface area (Å²) >= 11 is 1.44. The van der Waals surface area contributed by atoms with E-state index in [1.165, 1.54) is 35.6 Å². The molecule has 0 spiro atoms. The molecule has 0 bridgehead atoms. The highest BCUT2D eigenvalue weighted by Gasteiger charge is 2.18. The van der Waals surface area contributed by atoms with E-state index in [0.29, 0.717) is 5.56 Å². The Morgan fingerprint density at radius 3 is 2.50 bits per heavy atom. The Bertz CT molecular complexity index is 478. The van der Waals surface area contributed by atoms with Crippen molar-refractivity contribution in [2.45, 2.75) is 6.04 Å². The number of benzene rings is 1. The van der Waals surface area contributed by atoms with Crippen molar-refractivity contribution >= 4 is 17.1 Å². The van der Waals surface area contributed by atoms with Gasteiger partial charge in [0.25, 0.3) is 0 Å². The highest BCUT2D eigenvalue weighted by Crippen LogP contribution is 2.20. The van der Waals surface area contributed by atoms with E-state index < -0.39 is 6.04 Å². The minimum absolute atomic E-state index is 0.192. The van der Waals surface area contributed by atoms with E-state index in [2.05, 4.69) is 0 Å². The van der Waals surface area contributed by atoms with Crippen LogP contribution in [-0.4, -0.2) is 5.78 Å². The van der Waals surface area contributed by atoms with Crippen LogP contribution >= 0.6 is 11.3 Å². The van der Waals surface area contributed by atoms with Gasteiger partial charge >= 0.3 is 0 Å². The van der Waals surface area contributed by atoms with Gasteiger partial charge in [0.2, 0.25) is 0 Å². The van der Waals surface area contributed by atoms with Gasteiger partial charge in [-0.2, -0.15) is 0 Å². The molecular formula is C12H10FNOS. The van der Waals surface area contributed by atoms with E-state index in [-0.39, 0.29) is 11.6 Å². The van der Waals surface area contributed by atoms with Gasteiger partial charge in [-0.05, 0) is 35.7 Å². The first kappa shape index (κ1) is 11.0. The van der Waals surface area contributed by atoms with Crippen molar-refractivity contribution in [3.8, 4) is 0 Å². The first-order chi connectivity index (χ1) is 7.68. The maximum atomic E-state index is 12.7. The summed E-state index contributed by atoms with van der Waals surface area (Å²) in [5, 5.41) is 1.87. The molecule has 1 unspecified atom stereocenters. The lowest BCUT2D eigenvalue weighted by molar-refractivity contribution is 0.0962. The number of ketones is 1. The zero-order valence-electron chi connectivity index (χ0n) is 8.39. The van der Waals surface area contributed by atoms with Crippen molar-refractivity contribution in [3.05, 3.63) is 58.0 Å². The second-order valence-corrected chi connectivity index (χ2v) is 4.34. The van der Waals surface area contributed by atoms with Crippen LogP contribution in [0.15, 0.2) is 41.8 Å². The van der Waals surface area contributed by atoms with Crippen LogP contribution in [0, 0.1) is 5.82 Å². The van der Waals surface area contributed by atoms with E-state index in [1.807, 2.05) is 17.5 Å². The van der Waals surface area contributed by atoms with E-state index in [1.54, 1.807) is 0 Å². The summed E-state index contributed by atoms with van der Waals surface area (Å²) in [6, 6.07) is 8.42. The van der Waals surface area contributed by atoms with Crippen LogP contribution < -0.4 is 5.73 Å². The molecule has 2 aromatic rings. The number of carbonyl (C=O) groups is 1.